The van der Waals surface area contributed by atoms with Crippen molar-refractivity contribution in [1.82, 2.24) is 5.32 Å². The second kappa shape index (κ2) is 6.00. The molecule has 1 rings (SSSR count). The Kier molecular flexibility index (Phi) is 4.92. The van der Waals surface area contributed by atoms with Crippen LogP contribution in [-0.4, -0.2) is 25.0 Å². The van der Waals surface area contributed by atoms with E-state index < -0.39 is 12.0 Å². The zero-order valence-corrected chi connectivity index (χ0v) is 12.1. The van der Waals surface area contributed by atoms with Crippen molar-refractivity contribution in [3.8, 4) is 0 Å². The number of halogens is 1. The molecule has 0 aliphatic heterocycles. The Morgan fingerprint density at radius 1 is 1.41 bits per heavy atom. The van der Waals surface area contributed by atoms with Gasteiger partial charge in [-0.05, 0) is 48.1 Å². The number of nitrogens with one attached hydrogen (secondary N) is 1. The van der Waals surface area contributed by atoms with Crippen LogP contribution in [-0.2, 0) is 9.53 Å². The molecule has 0 bridgehead atoms. The van der Waals surface area contributed by atoms with E-state index in [0.29, 0.717) is 5.56 Å². The number of carbonyl (C=O) groups is 2. The van der Waals surface area contributed by atoms with E-state index in [-0.39, 0.29) is 5.91 Å². The van der Waals surface area contributed by atoms with Crippen LogP contribution in [0, 0.1) is 10.5 Å². The highest BCUT2D eigenvalue weighted by atomic mass is 127. The summed E-state index contributed by atoms with van der Waals surface area (Å²) in [6, 6.07) is 4.83. The van der Waals surface area contributed by atoms with Gasteiger partial charge in [0.15, 0.2) is 0 Å². The van der Waals surface area contributed by atoms with Crippen molar-refractivity contribution in [2.24, 2.45) is 0 Å². The Hall–Kier alpha value is -1.11. The molecular weight excluding hydrogens is 333 g/mol. The van der Waals surface area contributed by atoms with Crippen molar-refractivity contribution in [1.29, 1.82) is 0 Å². The summed E-state index contributed by atoms with van der Waals surface area (Å²) in [6.07, 6.45) is 0. The van der Waals surface area contributed by atoms with Crippen LogP contribution in [0.25, 0.3) is 0 Å². The van der Waals surface area contributed by atoms with Gasteiger partial charge in [0.05, 0.1) is 12.7 Å². The maximum absolute atomic E-state index is 11.9. The Labute approximate surface area is 114 Å². The topological polar surface area (TPSA) is 55.4 Å². The number of methoxy groups -OCH3 is 1. The summed E-state index contributed by atoms with van der Waals surface area (Å²) in [5, 5.41) is 2.60. The van der Waals surface area contributed by atoms with Gasteiger partial charge in [0.2, 0.25) is 0 Å². The molecule has 1 N–H and O–H groups in total. The van der Waals surface area contributed by atoms with Crippen LogP contribution in [0.15, 0.2) is 18.2 Å². The van der Waals surface area contributed by atoms with E-state index in [9.17, 15) is 9.59 Å². The van der Waals surface area contributed by atoms with Gasteiger partial charge in [-0.25, -0.2) is 4.79 Å². The number of ether oxygens (including phenoxy) is 1. The first kappa shape index (κ1) is 14.0. The predicted molar refractivity (Wildman–Crippen MR) is 72.8 cm³/mol. The van der Waals surface area contributed by atoms with Gasteiger partial charge >= 0.3 is 5.97 Å². The Bertz CT molecular complexity index is 445. The van der Waals surface area contributed by atoms with Crippen molar-refractivity contribution >= 4 is 34.5 Å². The van der Waals surface area contributed by atoms with E-state index in [1.54, 1.807) is 13.0 Å². The number of hydrogen-bond acceptors (Lipinski definition) is 3. The van der Waals surface area contributed by atoms with E-state index in [4.69, 9.17) is 0 Å². The second-order valence-electron chi connectivity index (χ2n) is 3.65. The summed E-state index contributed by atoms with van der Waals surface area (Å²) >= 11 is 2.12. The van der Waals surface area contributed by atoms with Crippen LogP contribution in [0.5, 0.6) is 0 Å². The maximum atomic E-state index is 11.9. The van der Waals surface area contributed by atoms with Gasteiger partial charge in [-0.2, -0.15) is 0 Å². The van der Waals surface area contributed by atoms with Gasteiger partial charge in [0.25, 0.3) is 5.91 Å². The number of amides is 1. The number of hydrogen-bond donors (Lipinski definition) is 1. The molecule has 17 heavy (non-hydrogen) atoms. The minimum atomic E-state index is -0.649. The second-order valence-corrected chi connectivity index (χ2v) is 4.73. The first-order valence-corrected chi connectivity index (χ1v) is 6.19. The number of esters is 1. The lowest BCUT2D eigenvalue weighted by Crippen LogP contribution is -2.39. The average Bonchev–Trinajstić information content (AvgIpc) is 2.31. The van der Waals surface area contributed by atoms with Crippen molar-refractivity contribution < 1.29 is 14.3 Å². The lowest BCUT2D eigenvalue weighted by atomic mass is 10.1. The lowest BCUT2D eigenvalue weighted by Gasteiger charge is -2.13. The van der Waals surface area contributed by atoms with Crippen LogP contribution in [0.1, 0.15) is 22.8 Å². The molecule has 0 fully saturated rings. The van der Waals surface area contributed by atoms with Crippen LogP contribution in [0.2, 0.25) is 0 Å². The third-order valence-electron chi connectivity index (χ3n) is 2.34. The first-order valence-electron chi connectivity index (χ1n) is 5.11. The van der Waals surface area contributed by atoms with Crippen molar-refractivity contribution in [2.45, 2.75) is 19.9 Å². The maximum Gasteiger partial charge on any atom is 0.328 e. The highest BCUT2D eigenvalue weighted by molar-refractivity contribution is 14.1. The molecular formula is C12H14INO3. The molecule has 0 spiro atoms. The van der Waals surface area contributed by atoms with E-state index in [1.807, 2.05) is 19.1 Å². The highest BCUT2D eigenvalue weighted by Gasteiger charge is 2.18. The molecule has 1 aromatic carbocycles. The van der Waals surface area contributed by atoms with Gasteiger partial charge in [-0.3, -0.25) is 4.79 Å². The van der Waals surface area contributed by atoms with Gasteiger partial charge < -0.3 is 10.1 Å². The molecule has 1 unspecified atom stereocenters. The molecule has 0 aromatic heterocycles. The fourth-order valence-electron chi connectivity index (χ4n) is 1.33. The molecule has 0 saturated carbocycles. The third kappa shape index (κ3) is 3.42. The Balaban J connectivity index is 2.84. The predicted octanol–water partition coefficient (Wildman–Crippen LogP) is 1.89. The number of aryl methyl sites for hydroxylation is 1. The van der Waals surface area contributed by atoms with E-state index in [1.165, 1.54) is 7.11 Å². The standard InChI is InChI=1S/C12H14INO3/c1-7-5-4-6-9(10(7)13)11(15)14-8(2)12(16)17-3/h4-6,8H,1-3H3,(H,14,15). The van der Waals surface area contributed by atoms with Crippen LogP contribution in [0.4, 0.5) is 0 Å². The highest BCUT2D eigenvalue weighted by Crippen LogP contribution is 2.16. The fraction of sp³-hybridized carbons (Fsp3) is 0.333. The number of rotatable bonds is 3. The molecule has 92 valence electrons. The molecule has 0 heterocycles. The average molecular weight is 347 g/mol. The Morgan fingerprint density at radius 3 is 2.65 bits per heavy atom. The molecule has 1 atom stereocenters. The zero-order chi connectivity index (χ0) is 13.0. The van der Waals surface area contributed by atoms with Gasteiger partial charge in [0.1, 0.15) is 6.04 Å². The minimum Gasteiger partial charge on any atom is -0.467 e. The van der Waals surface area contributed by atoms with Crippen LogP contribution >= 0.6 is 22.6 Å². The Morgan fingerprint density at radius 2 is 2.06 bits per heavy atom. The normalized spacial score (nSPS) is 11.8. The van der Waals surface area contributed by atoms with E-state index in [0.717, 1.165) is 9.13 Å². The quantitative estimate of drug-likeness (QED) is 0.671. The largest absolute Gasteiger partial charge is 0.467 e. The summed E-state index contributed by atoms with van der Waals surface area (Å²) in [4.78, 5) is 23.1. The molecule has 0 aliphatic carbocycles. The third-order valence-corrected chi connectivity index (χ3v) is 3.77. The van der Waals surface area contributed by atoms with Gasteiger partial charge in [-0.1, -0.05) is 12.1 Å². The lowest BCUT2D eigenvalue weighted by molar-refractivity contribution is -0.142. The molecule has 4 nitrogen and oxygen atoms in total. The SMILES string of the molecule is COC(=O)C(C)NC(=O)c1cccc(C)c1I. The van der Waals surface area contributed by atoms with Crippen LogP contribution in [0.3, 0.4) is 0 Å². The molecule has 1 aromatic rings. The molecule has 0 radical (unpaired) electrons. The van der Waals surface area contributed by atoms with Crippen LogP contribution < -0.4 is 5.32 Å². The fourth-order valence-corrected chi connectivity index (χ4v) is 1.94. The van der Waals surface area contributed by atoms with Crippen molar-refractivity contribution in [2.75, 3.05) is 7.11 Å². The van der Waals surface area contributed by atoms with E-state index >= 15 is 0 Å². The summed E-state index contributed by atoms with van der Waals surface area (Å²) in [5.74, 6) is -0.725. The van der Waals surface area contributed by atoms with E-state index in [2.05, 4.69) is 32.6 Å². The number of benzene rings is 1. The van der Waals surface area contributed by atoms with Crippen molar-refractivity contribution in [3.05, 3.63) is 32.9 Å². The smallest absolute Gasteiger partial charge is 0.328 e. The van der Waals surface area contributed by atoms with Crippen molar-refractivity contribution in [3.63, 3.8) is 0 Å². The minimum absolute atomic E-state index is 0.268. The molecule has 5 heteroatoms. The summed E-state index contributed by atoms with van der Waals surface area (Å²) in [7, 11) is 1.29. The molecule has 1 amide bonds. The zero-order valence-electron chi connectivity index (χ0n) is 9.91. The monoisotopic (exact) mass is 347 g/mol. The summed E-state index contributed by atoms with van der Waals surface area (Å²) in [5.41, 5.74) is 1.60. The van der Waals surface area contributed by atoms with Gasteiger partial charge in [0, 0.05) is 3.57 Å². The molecule has 0 saturated heterocycles. The number of carbonyl (C=O) groups excluding carboxylic acids is 2. The summed E-state index contributed by atoms with van der Waals surface area (Å²) < 4.78 is 5.44. The molecule has 0 aliphatic rings. The van der Waals surface area contributed by atoms with Gasteiger partial charge in [-0.15, -0.1) is 0 Å². The first-order chi connectivity index (χ1) is 7.97. The summed E-state index contributed by atoms with van der Waals surface area (Å²) in [6.45, 7) is 3.52.